The zero-order chi connectivity index (χ0) is 42.6. The summed E-state index contributed by atoms with van der Waals surface area (Å²) in [5, 5.41) is 85.1. The molecule has 5 saturated heterocycles. The number of ether oxygens (including phenoxy) is 8. The second-order valence-electron chi connectivity index (χ2n) is 20.6. The number of fused-ring (bicyclic) bond motifs is 7. The molecule has 1 spiro atoms. The van der Waals surface area contributed by atoms with Crippen LogP contribution < -0.4 is 0 Å². The molecule has 8 fully saturated rings. The molecule has 0 unspecified atom stereocenters. The molecule has 9 aliphatic rings. The second-order valence-corrected chi connectivity index (χ2v) is 20.6. The van der Waals surface area contributed by atoms with Crippen molar-refractivity contribution < 1.29 is 78.7 Å². The van der Waals surface area contributed by atoms with Gasteiger partial charge in [-0.1, -0.05) is 39.3 Å². The summed E-state index contributed by atoms with van der Waals surface area (Å²) >= 11 is 0. The Morgan fingerprint density at radius 1 is 0.733 bits per heavy atom. The third-order valence-electron chi connectivity index (χ3n) is 17.3. The molecule has 9 rings (SSSR count). The molecule has 342 valence electrons. The van der Waals surface area contributed by atoms with Gasteiger partial charge in [-0.05, 0) is 98.7 Å². The van der Waals surface area contributed by atoms with Crippen LogP contribution in [0.2, 0.25) is 0 Å². The van der Waals surface area contributed by atoms with E-state index in [1.54, 1.807) is 0 Å². The third kappa shape index (κ3) is 7.19. The molecule has 0 aromatic rings. The first-order valence-corrected chi connectivity index (χ1v) is 22.8. The Labute approximate surface area is 352 Å². The lowest BCUT2D eigenvalue weighted by Gasteiger charge is -2.58. The monoisotopic (exact) mass is 854 g/mol. The van der Waals surface area contributed by atoms with Crippen molar-refractivity contribution in [1.82, 2.24) is 0 Å². The van der Waals surface area contributed by atoms with Crippen molar-refractivity contribution in [2.45, 2.75) is 196 Å². The summed E-state index contributed by atoms with van der Waals surface area (Å²) in [5.41, 5.74) is 1.54. The van der Waals surface area contributed by atoms with Crippen molar-refractivity contribution in [2.24, 2.45) is 46.3 Å². The SMILES string of the molecule is C[C@@H]1CC[C@@]2(OC1)O[C@H]1C[C@H]3[C@H]4CC=C5C[C@@H](O[C@@H]6O[C@H](CO)[C@@H](O[C@@H]7OC[C@H](O)[C@H](O)[C@H]7O)[C@H](O)[C@H]6O[C@@H]6O[C@@H](C)[C@H](O)[C@@H](O)[C@H]6O)CC[C@]5(C)[C@@H]4CC[C@]3(C)[C@H]1[C@@H]2C. The summed E-state index contributed by atoms with van der Waals surface area (Å²) in [6.45, 7) is 10.9. The molecular weight excluding hydrogens is 784 g/mol. The molecule has 0 aromatic carbocycles. The van der Waals surface area contributed by atoms with Crippen molar-refractivity contribution in [3.63, 3.8) is 0 Å². The van der Waals surface area contributed by atoms with Crippen LogP contribution in [0.4, 0.5) is 0 Å². The molecule has 5 aliphatic heterocycles. The molecule has 0 bridgehead atoms. The van der Waals surface area contributed by atoms with Gasteiger partial charge in [-0.15, -0.1) is 0 Å². The van der Waals surface area contributed by atoms with Crippen molar-refractivity contribution in [2.75, 3.05) is 19.8 Å². The van der Waals surface area contributed by atoms with E-state index >= 15 is 0 Å². The largest absolute Gasteiger partial charge is 0.394 e. The van der Waals surface area contributed by atoms with Gasteiger partial charge in [-0.25, -0.2) is 0 Å². The molecular formula is C44H70O16. The van der Waals surface area contributed by atoms with Gasteiger partial charge >= 0.3 is 0 Å². The smallest absolute Gasteiger partial charge is 0.187 e. The van der Waals surface area contributed by atoms with E-state index in [1.165, 1.54) is 18.9 Å². The van der Waals surface area contributed by atoms with Crippen molar-refractivity contribution in [3.05, 3.63) is 11.6 Å². The molecule has 0 aromatic heterocycles. The summed E-state index contributed by atoms with van der Waals surface area (Å²) in [5.74, 6) is 2.65. The van der Waals surface area contributed by atoms with Crippen LogP contribution in [0.15, 0.2) is 11.6 Å². The quantitative estimate of drug-likeness (QED) is 0.166. The van der Waals surface area contributed by atoms with E-state index in [1.807, 2.05) is 0 Å². The molecule has 5 heterocycles. The van der Waals surface area contributed by atoms with Gasteiger partial charge < -0.3 is 78.7 Å². The van der Waals surface area contributed by atoms with E-state index in [2.05, 4.69) is 33.8 Å². The Bertz CT molecular complexity index is 1560. The maximum absolute atomic E-state index is 11.9. The molecule has 4 aliphatic carbocycles. The number of hydrogen-bond acceptors (Lipinski definition) is 16. The molecule has 0 amide bonds. The number of aliphatic hydroxyl groups excluding tert-OH is 8. The second kappa shape index (κ2) is 16.5. The minimum absolute atomic E-state index is 0.0142. The summed E-state index contributed by atoms with van der Waals surface area (Å²) in [6, 6.07) is 0. The molecule has 16 nitrogen and oxygen atoms in total. The fraction of sp³-hybridized carbons (Fsp3) is 0.955. The van der Waals surface area contributed by atoms with Gasteiger partial charge in [0.25, 0.3) is 0 Å². The van der Waals surface area contributed by atoms with E-state index in [9.17, 15) is 40.9 Å². The fourth-order valence-electron chi connectivity index (χ4n) is 13.7. The van der Waals surface area contributed by atoms with Gasteiger partial charge in [0.2, 0.25) is 0 Å². The first kappa shape index (κ1) is 44.3. The van der Waals surface area contributed by atoms with E-state index in [0.29, 0.717) is 48.3 Å². The van der Waals surface area contributed by atoms with E-state index in [0.717, 1.165) is 45.1 Å². The summed E-state index contributed by atoms with van der Waals surface area (Å²) < 4.78 is 49.8. The van der Waals surface area contributed by atoms with Gasteiger partial charge in [-0.3, -0.25) is 0 Å². The first-order chi connectivity index (χ1) is 28.5. The van der Waals surface area contributed by atoms with Gasteiger partial charge in [-0.2, -0.15) is 0 Å². The average Bonchev–Trinajstić information content (AvgIpc) is 3.68. The van der Waals surface area contributed by atoms with Gasteiger partial charge in [0.1, 0.15) is 61.0 Å². The van der Waals surface area contributed by atoms with E-state index < -0.39 is 98.4 Å². The van der Waals surface area contributed by atoms with Crippen molar-refractivity contribution in [1.29, 1.82) is 0 Å². The van der Waals surface area contributed by atoms with Crippen LogP contribution in [0, 0.1) is 46.3 Å². The molecule has 0 radical (unpaired) electrons. The summed E-state index contributed by atoms with van der Waals surface area (Å²) in [6.07, 6.45) is -9.25. The molecule has 16 heteroatoms. The van der Waals surface area contributed by atoms with Gasteiger partial charge in [0.15, 0.2) is 24.7 Å². The highest BCUT2D eigenvalue weighted by Gasteiger charge is 2.69. The highest BCUT2D eigenvalue weighted by atomic mass is 16.8. The first-order valence-electron chi connectivity index (χ1n) is 22.8. The van der Waals surface area contributed by atoms with Crippen LogP contribution in [0.3, 0.4) is 0 Å². The lowest BCUT2D eigenvalue weighted by Crippen LogP contribution is -2.66. The average molecular weight is 855 g/mol. The lowest BCUT2D eigenvalue weighted by molar-refractivity contribution is -0.385. The lowest BCUT2D eigenvalue weighted by atomic mass is 9.47. The highest BCUT2D eigenvalue weighted by Crippen LogP contribution is 2.70. The van der Waals surface area contributed by atoms with Crippen LogP contribution in [0.1, 0.15) is 92.4 Å². The van der Waals surface area contributed by atoms with Crippen LogP contribution in [-0.2, 0) is 37.9 Å². The maximum atomic E-state index is 11.9. The number of rotatable bonds is 7. The predicted molar refractivity (Wildman–Crippen MR) is 208 cm³/mol. The van der Waals surface area contributed by atoms with Crippen molar-refractivity contribution in [3.8, 4) is 0 Å². The van der Waals surface area contributed by atoms with Crippen LogP contribution >= 0.6 is 0 Å². The molecule has 3 saturated carbocycles. The van der Waals surface area contributed by atoms with E-state index in [4.69, 9.17) is 37.9 Å². The third-order valence-corrected chi connectivity index (χ3v) is 17.3. The topological polar surface area (TPSA) is 236 Å². The zero-order valence-corrected chi connectivity index (χ0v) is 35.6. The summed E-state index contributed by atoms with van der Waals surface area (Å²) in [7, 11) is 0. The maximum Gasteiger partial charge on any atom is 0.187 e. The molecule has 60 heavy (non-hydrogen) atoms. The minimum Gasteiger partial charge on any atom is -0.394 e. The van der Waals surface area contributed by atoms with E-state index in [-0.39, 0.29) is 29.6 Å². The Hall–Kier alpha value is -0.900. The fourth-order valence-corrected chi connectivity index (χ4v) is 13.7. The predicted octanol–water partition coefficient (Wildman–Crippen LogP) is 0.853. The standard InChI is InChI=1S/C44H70O16/c1-19-8-13-44(54-17-19)20(2)30-28(60-44)15-26-24-7-6-22-14-23(9-11-42(22,4)25(24)10-12-43(26,30)5)56-41-38(59-40-35(51)33(49)31(47)21(3)55-40)36(52)37(29(16-45)57-41)58-39-34(50)32(48)27(46)18-53-39/h6,19-21,23-41,45-52H,7-18H2,1-5H3/t19-,20+,21+,23+,24+,25-,26+,27+,28+,29-,30+,31+,32+,33-,34-,35-,36+,37-,38-,39+,40+,41-,42+,43+,44-/m1/s1. The van der Waals surface area contributed by atoms with Crippen LogP contribution in [0.5, 0.6) is 0 Å². The Kier molecular flexibility index (Phi) is 12.2. The van der Waals surface area contributed by atoms with Crippen LogP contribution in [-0.4, -0.2) is 165 Å². The zero-order valence-electron chi connectivity index (χ0n) is 35.6. The summed E-state index contributed by atoms with van der Waals surface area (Å²) in [4.78, 5) is 0. The highest BCUT2D eigenvalue weighted by molar-refractivity contribution is 5.26. The minimum atomic E-state index is -1.70. The Balaban J connectivity index is 0.913. The van der Waals surface area contributed by atoms with Gasteiger partial charge in [0.05, 0.1) is 38.1 Å². The van der Waals surface area contributed by atoms with Crippen molar-refractivity contribution >= 4 is 0 Å². The number of aliphatic hydroxyl groups is 8. The normalized spacial score (nSPS) is 57.9. The Morgan fingerprint density at radius 2 is 1.48 bits per heavy atom. The molecule has 25 atom stereocenters. The number of allylic oxidation sites excluding steroid dienone is 1. The van der Waals surface area contributed by atoms with Gasteiger partial charge in [0, 0.05) is 12.3 Å². The molecule has 8 N–H and O–H groups in total. The van der Waals surface area contributed by atoms with Crippen LogP contribution in [0.25, 0.3) is 0 Å². The Morgan fingerprint density at radius 3 is 2.22 bits per heavy atom. The number of hydrogen-bond donors (Lipinski definition) is 8.